The van der Waals surface area contributed by atoms with Crippen molar-refractivity contribution in [2.45, 2.75) is 26.7 Å². The first kappa shape index (κ1) is 18.9. The first-order valence-electron chi connectivity index (χ1n) is 8.86. The average molecular weight is 381 g/mol. The van der Waals surface area contributed by atoms with Crippen LogP contribution in [-0.4, -0.2) is 10.9 Å². The number of aryl methyl sites for hydroxylation is 2. The molecule has 2 aromatic carbocycles. The summed E-state index contributed by atoms with van der Waals surface area (Å²) in [6, 6.07) is 18.1. The molecular formula is C22H21ClN2O2. The predicted molar refractivity (Wildman–Crippen MR) is 109 cm³/mol. The Balaban J connectivity index is 1.65. The molecule has 0 aliphatic heterocycles. The third-order valence-corrected chi connectivity index (χ3v) is 4.31. The smallest absolute Gasteiger partial charge is 0.257 e. The van der Waals surface area contributed by atoms with Crippen molar-refractivity contribution in [1.29, 1.82) is 0 Å². The molecule has 0 radical (unpaired) electrons. The summed E-state index contributed by atoms with van der Waals surface area (Å²) in [7, 11) is 0. The number of ether oxygens (including phenoxy) is 1. The van der Waals surface area contributed by atoms with Crippen LogP contribution in [-0.2, 0) is 6.42 Å². The molecule has 0 spiro atoms. The molecule has 1 N–H and O–H groups in total. The lowest BCUT2D eigenvalue weighted by Gasteiger charge is -2.10. The molecule has 1 heterocycles. The highest BCUT2D eigenvalue weighted by Crippen LogP contribution is 2.24. The largest absolute Gasteiger partial charge is 0.457 e. The van der Waals surface area contributed by atoms with Crippen LogP contribution in [0.2, 0.25) is 5.02 Å². The van der Waals surface area contributed by atoms with Crippen molar-refractivity contribution in [2.24, 2.45) is 0 Å². The molecule has 3 aromatic rings. The lowest BCUT2D eigenvalue weighted by Crippen LogP contribution is -2.14. The number of rotatable bonds is 6. The van der Waals surface area contributed by atoms with Crippen LogP contribution in [0.25, 0.3) is 0 Å². The van der Waals surface area contributed by atoms with E-state index in [4.69, 9.17) is 16.3 Å². The maximum Gasteiger partial charge on any atom is 0.257 e. The zero-order valence-electron chi connectivity index (χ0n) is 15.3. The van der Waals surface area contributed by atoms with Gasteiger partial charge in [-0.2, -0.15) is 0 Å². The van der Waals surface area contributed by atoms with E-state index in [2.05, 4.69) is 17.2 Å². The Kier molecular flexibility index (Phi) is 6.09. The summed E-state index contributed by atoms with van der Waals surface area (Å²) in [5.74, 6) is 1.21. The van der Waals surface area contributed by atoms with E-state index < -0.39 is 0 Å². The summed E-state index contributed by atoms with van der Waals surface area (Å²) in [5.41, 5.74) is 3.02. The van der Waals surface area contributed by atoms with Crippen molar-refractivity contribution in [3.8, 4) is 11.5 Å². The second-order valence-electron chi connectivity index (χ2n) is 6.22. The molecule has 4 nitrogen and oxygen atoms in total. The molecule has 1 amide bonds. The van der Waals surface area contributed by atoms with E-state index in [-0.39, 0.29) is 5.91 Å². The maximum absolute atomic E-state index is 12.5. The minimum absolute atomic E-state index is 0.172. The molecule has 0 atom stereocenters. The van der Waals surface area contributed by atoms with E-state index >= 15 is 0 Å². The van der Waals surface area contributed by atoms with Crippen molar-refractivity contribution in [3.05, 3.63) is 82.6 Å². The molecule has 0 fully saturated rings. The van der Waals surface area contributed by atoms with Gasteiger partial charge >= 0.3 is 0 Å². The van der Waals surface area contributed by atoms with Gasteiger partial charge in [-0.1, -0.05) is 24.9 Å². The Hall–Kier alpha value is -2.85. The lowest BCUT2D eigenvalue weighted by atomic mass is 10.1. The number of nitrogens with one attached hydrogen (secondary N) is 1. The zero-order valence-corrected chi connectivity index (χ0v) is 16.1. The molecule has 5 heteroatoms. The number of nitrogens with zero attached hydrogens (tertiary/aromatic N) is 1. The first-order chi connectivity index (χ1) is 13.0. The van der Waals surface area contributed by atoms with Crippen molar-refractivity contribution < 1.29 is 9.53 Å². The van der Waals surface area contributed by atoms with Crippen molar-refractivity contribution >= 4 is 23.2 Å². The highest BCUT2D eigenvalue weighted by atomic mass is 35.5. The van der Waals surface area contributed by atoms with E-state index in [0.29, 0.717) is 27.8 Å². The molecule has 0 aliphatic carbocycles. The molecule has 0 aliphatic rings. The minimum atomic E-state index is -0.172. The van der Waals surface area contributed by atoms with Gasteiger partial charge < -0.3 is 10.1 Å². The summed E-state index contributed by atoms with van der Waals surface area (Å²) in [5, 5.41) is 3.56. The van der Waals surface area contributed by atoms with Gasteiger partial charge in [-0.15, -0.1) is 0 Å². The van der Waals surface area contributed by atoms with Crippen LogP contribution < -0.4 is 10.1 Å². The van der Waals surface area contributed by atoms with Crippen LogP contribution in [0.15, 0.2) is 60.7 Å². The fourth-order valence-corrected chi connectivity index (χ4v) is 2.82. The molecule has 138 valence electrons. The SMILES string of the molecule is CCCc1ccc(C(=O)Nc2ccc(Oc3ccc(Cl)cc3)cc2)c(C)n1. The highest BCUT2D eigenvalue weighted by molar-refractivity contribution is 6.30. The van der Waals surface area contributed by atoms with Gasteiger partial charge in [-0.05, 0) is 74.0 Å². The monoisotopic (exact) mass is 380 g/mol. The number of carbonyl (C=O) groups is 1. The van der Waals surface area contributed by atoms with Gasteiger partial charge in [0.15, 0.2) is 0 Å². The number of benzene rings is 2. The standard InChI is InChI=1S/C22H21ClN2O2/c1-3-4-17-9-14-21(15(2)24-17)22(26)25-18-7-12-20(13-8-18)27-19-10-5-16(23)6-11-19/h5-14H,3-4H2,1-2H3,(H,25,26). The summed E-state index contributed by atoms with van der Waals surface area (Å²) in [6.45, 7) is 3.97. The molecule has 1 aromatic heterocycles. The van der Waals surface area contributed by atoms with E-state index in [1.165, 1.54) is 0 Å². The van der Waals surface area contributed by atoms with Crippen LogP contribution in [0.3, 0.4) is 0 Å². The van der Waals surface area contributed by atoms with Crippen LogP contribution >= 0.6 is 11.6 Å². The van der Waals surface area contributed by atoms with E-state index in [9.17, 15) is 4.79 Å². The van der Waals surface area contributed by atoms with Gasteiger partial charge in [-0.25, -0.2) is 0 Å². The van der Waals surface area contributed by atoms with Gasteiger partial charge in [0.05, 0.1) is 11.3 Å². The highest BCUT2D eigenvalue weighted by Gasteiger charge is 2.11. The quantitative estimate of drug-likeness (QED) is 0.567. The molecule has 0 saturated heterocycles. The van der Waals surface area contributed by atoms with Gasteiger partial charge in [0, 0.05) is 16.4 Å². The van der Waals surface area contributed by atoms with Crippen molar-refractivity contribution in [1.82, 2.24) is 4.98 Å². The second-order valence-corrected chi connectivity index (χ2v) is 6.66. The number of carbonyl (C=O) groups excluding carboxylic acids is 1. The first-order valence-corrected chi connectivity index (χ1v) is 9.24. The summed E-state index contributed by atoms with van der Waals surface area (Å²) >= 11 is 5.87. The Bertz CT molecular complexity index is 922. The summed E-state index contributed by atoms with van der Waals surface area (Å²) < 4.78 is 5.75. The Morgan fingerprint density at radius 3 is 2.22 bits per heavy atom. The van der Waals surface area contributed by atoms with Gasteiger partial charge in [-0.3, -0.25) is 9.78 Å². The number of aromatic nitrogens is 1. The maximum atomic E-state index is 12.5. The number of anilines is 1. The van der Waals surface area contributed by atoms with Gasteiger partial charge in [0.2, 0.25) is 0 Å². The summed E-state index contributed by atoms with van der Waals surface area (Å²) in [6.07, 6.45) is 1.94. The molecule has 0 bridgehead atoms. The zero-order chi connectivity index (χ0) is 19.2. The van der Waals surface area contributed by atoms with Crippen LogP contribution in [0.4, 0.5) is 5.69 Å². The van der Waals surface area contributed by atoms with E-state index in [1.54, 1.807) is 48.5 Å². The number of hydrogen-bond donors (Lipinski definition) is 1. The average Bonchev–Trinajstić information content (AvgIpc) is 2.65. The lowest BCUT2D eigenvalue weighted by molar-refractivity contribution is 0.102. The Labute approximate surface area is 164 Å². The molecule has 0 saturated carbocycles. The fraction of sp³-hybridized carbons (Fsp3) is 0.182. The summed E-state index contributed by atoms with van der Waals surface area (Å²) in [4.78, 5) is 17.0. The third-order valence-electron chi connectivity index (χ3n) is 4.06. The third kappa shape index (κ3) is 5.08. The van der Waals surface area contributed by atoms with Gasteiger partial charge in [0.1, 0.15) is 11.5 Å². The molecular weight excluding hydrogens is 360 g/mol. The second kappa shape index (κ2) is 8.69. The van der Waals surface area contributed by atoms with Crippen molar-refractivity contribution in [2.75, 3.05) is 5.32 Å². The number of amides is 1. The fourth-order valence-electron chi connectivity index (χ4n) is 2.69. The Morgan fingerprint density at radius 2 is 1.63 bits per heavy atom. The number of halogens is 1. The van der Waals surface area contributed by atoms with Crippen molar-refractivity contribution in [3.63, 3.8) is 0 Å². The molecule has 27 heavy (non-hydrogen) atoms. The molecule has 0 unspecified atom stereocenters. The van der Waals surface area contributed by atoms with Gasteiger partial charge in [0.25, 0.3) is 5.91 Å². The topological polar surface area (TPSA) is 51.2 Å². The molecule has 3 rings (SSSR count). The van der Waals surface area contributed by atoms with E-state index in [1.807, 2.05) is 19.1 Å². The van der Waals surface area contributed by atoms with Crippen LogP contribution in [0, 0.1) is 6.92 Å². The van der Waals surface area contributed by atoms with Crippen LogP contribution in [0.1, 0.15) is 35.1 Å². The van der Waals surface area contributed by atoms with Crippen LogP contribution in [0.5, 0.6) is 11.5 Å². The number of hydrogen-bond acceptors (Lipinski definition) is 3. The predicted octanol–water partition coefficient (Wildman–Crippen LogP) is 6.04. The number of pyridine rings is 1. The van der Waals surface area contributed by atoms with E-state index in [0.717, 1.165) is 24.2 Å². The Morgan fingerprint density at radius 1 is 1.00 bits per heavy atom. The minimum Gasteiger partial charge on any atom is -0.457 e. The normalized spacial score (nSPS) is 10.5.